The Hall–Kier alpha value is -1.51. The standard InChI is InChI=1S/C20H24ClNO/c1-15-11-17(12-18-9-5-6-10-22-18)13-19(21)20(15)23-14-16-7-3-2-4-8-16/h2-4,7-8,11,13,18,22H,5-6,9-10,12,14H2,1H3. The molecule has 23 heavy (non-hydrogen) atoms. The van der Waals surface area contributed by atoms with Gasteiger partial charge in [-0.15, -0.1) is 0 Å². The number of halogens is 1. The number of nitrogens with one attached hydrogen (secondary N) is 1. The maximum absolute atomic E-state index is 6.47. The molecule has 1 aliphatic rings. The maximum Gasteiger partial charge on any atom is 0.141 e. The Morgan fingerprint density at radius 2 is 1.96 bits per heavy atom. The normalized spacial score (nSPS) is 17.9. The van der Waals surface area contributed by atoms with E-state index in [9.17, 15) is 0 Å². The van der Waals surface area contributed by atoms with Crippen LogP contribution in [-0.2, 0) is 13.0 Å². The second-order valence-corrected chi connectivity index (χ2v) is 6.76. The van der Waals surface area contributed by atoms with Gasteiger partial charge in [0.1, 0.15) is 12.4 Å². The summed E-state index contributed by atoms with van der Waals surface area (Å²) in [6, 6.07) is 15.0. The largest absolute Gasteiger partial charge is 0.487 e. The van der Waals surface area contributed by atoms with Crippen LogP contribution in [0, 0.1) is 6.92 Å². The van der Waals surface area contributed by atoms with Gasteiger partial charge in [-0.1, -0.05) is 54.4 Å². The van der Waals surface area contributed by atoms with E-state index in [0.717, 1.165) is 29.8 Å². The zero-order chi connectivity index (χ0) is 16.1. The van der Waals surface area contributed by atoms with Crippen LogP contribution in [0.15, 0.2) is 42.5 Å². The highest BCUT2D eigenvalue weighted by Gasteiger charge is 2.15. The molecule has 0 amide bonds. The van der Waals surface area contributed by atoms with Gasteiger partial charge in [0.05, 0.1) is 5.02 Å². The van der Waals surface area contributed by atoms with E-state index in [1.807, 2.05) is 18.2 Å². The number of rotatable bonds is 5. The van der Waals surface area contributed by atoms with Gasteiger partial charge in [0, 0.05) is 6.04 Å². The van der Waals surface area contributed by atoms with Gasteiger partial charge in [0.2, 0.25) is 0 Å². The molecule has 2 nitrogen and oxygen atoms in total. The fraction of sp³-hybridized carbons (Fsp3) is 0.400. The number of ether oxygens (including phenoxy) is 1. The summed E-state index contributed by atoms with van der Waals surface area (Å²) in [6.07, 6.45) is 4.91. The molecule has 3 heteroatoms. The van der Waals surface area contributed by atoms with Gasteiger partial charge in [-0.05, 0) is 55.5 Å². The Balaban J connectivity index is 1.67. The number of hydrogen-bond acceptors (Lipinski definition) is 2. The predicted molar refractivity (Wildman–Crippen MR) is 96.3 cm³/mol. The van der Waals surface area contributed by atoms with Crippen LogP contribution in [0.3, 0.4) is 0 Å². The summed E-state index contributed by atoms with van der Waals surface area (Å²) in [5.74, 6) is 0.802. The lowest BCUT2D eigenvalue weighted by atomic mass is 9.97. The summed E-state index contributed by atoms with van der Waals surface area (Å²) in [4.78, 5) is 0. The Kier molecular flexibility index (Phi) is 5.58. The summed E-state index contributed by atoms with van der Waals surface area (Å²) in [7, 11) is 0. The average molecular weight is 330 g/mol. The Morgan fingerprint density at radius 3 is 2.65 bits per heavy atom. The van der Waals surface area contributed by atoms with Crippen molar-refractivity contribution >= 4 is 11.6 Å². The zero-order valence-corrected chi connectivity index (χ0v) is 14.4. The molecule has 1 saturated heterocycles. The first-order valence-electron chi connectivity index (χ1n) is 8.41. The molecule has 2 aromatic carbocycles. The Morgan fingerprint density at radius 1 is 1.13 bits per heavy atom. The van der Waals surface area contributed by atoms with E-state index in [0.29, 0.717) is 17.7 Å². The number of aryl methyl sites for hydroxylation is 1. The minimum absolute atomic E-state index is 0.547. The highest BCUT2D eigenvalue weighted by atomic mass is 35.5. The van der Waals surface area contributed by atoms with Gasteiger partial charge in [0.25, 0.3) is 0 Å². The highest BCUT2D eigenvalue weighted by molar-refractivity contribution is 6.32. The molecule has 0 aromatic heterocycles. The third-order valence-corrected chi connectivity index (χ3v) is 4.69. The van der Waals surface area contributed by atoms with Crippen molar-refractivity contribution in [3.63, 3.8) is 0 Å². The maximum atomic E-state index is 6.47. The third kappa shape index (κ3) is 4.49. The molecule has 0 spiro atoms. The van der Waals surface area contributed by atoms with Gasteiger partial charge in [-0.2, -0.15) is 0 Å². The molecule has 1 atom stereocenters. The SMILES string of the molecule is Cc1cc(CC2CCCCN2)cc(Cl)c1OCc1ccccc1. The first-order chi connectivity index (χ1) is 11.2. The molecule has 1 aliphatic heterocycles. The summed E-state index contributed by atoms with van der Waals surface area (Å²) in [5, 5.41) is 4.31. The van der Waals surface area contributed by atoms with Crippen LogP contribution in [0.1, 0.15) is 36.0 Å². The smallest absolute Gasteiger partial charge is 0.141 e. The molecule has 1 heterocycles. The first-order valence-corrected chi connectivity index (χ1v) is 8.79. The molecule has 1 N–H and O–H groups in total. The van der Waals surface area contributed by atoms with E-state index in [-0.39, 0.29) is 0 Å². The lowest BCUT2D eigenvalue weighted by molar-refractivity contribution is 0.304. The topological polar surface area (TPSA) is 21.3 Å². The molecule has 1 unspecified atom stereocenters. The van der Waals surface area contributed by atoms with E-state index in [1.165, 1.54) is 24.8 Å². The minimum Gasteiger partial charge on any atom is -0.487 e. The summed E-state index contributed by atoms with van der Waals surface area (Å²) in [5.41, 5.74) is 3.55. The second-order valence-electron chi connectivity index (χ2n) is 6.35. The number of benzene rings is 2. The zero-order valence-electron chi connectivity index (χ0n) is 13.6. The predicted octanol–water partition coefficient (Wildman–Crippen LogP) is 4.91. The second kappa shape index (κ2) is 7.85. The molecular weight excluding hydrogens is 306 g/mol. The molecular formula is C20H24ClNO. The van der Waals surface area contributed by atoms with Crippen molar-refractivity contribution in [1.29, 1.82) is 0 Å². The van der Waals surface area contributed by atoms with Gasteiger partial charge >= 0.3 is 0 Å². The molecule has 2 aromatic rings. The quantitative estimate of drug-likeness (QED) is 0.841. The van der Waals surface area contributed by atoms with Crippen LogP contribution >= 0.6 is 11.6 Å². The number of hydrogen-bond donors (Lipinski definition) is 1. The summed E-state index contributed by atoms with van der Waals surface area (Å²) >= 11 is 6.47. The fourth-order valence-electron chi connectivity index (χ4n) is 3.22. The van der Waals surface area contributed by atoms with Crippen LogP contribution < -0.4 is 10.1 Å². The van der Waals surface area contributed by atoms with Crippen molar-refractivity contribution in [1.82, 2.24) is 5.32 Å². The van der Waals surface area contributed by atoms with Crippen molar-refractivity contribution in [3.8, 4) is 5.75 Å². The monoisotopic (exact) mass is 329 g/mol. The van der Waals surface area contributed by atoms with Crippen molar-refractivity contribution in [2.75, 3.05) is 6.54 Å². The molecule has 0 aliphatic carbocycles. The fourth-order valence-corrected chi connectivity index (χ4v) is 3.56. The van der Waals surface area contributed by atoms with Crippen LogP contribution in [0.2, 0.25) is 5.02 Å². The molecule has 0 saturated carbocycles. The summed E-state index contributed by atoms with van der Waals surface area (Å²) in [6.45, 7) is 3.75. The van der Waals surface area contributed by atoms with Crippen LogP contribution in [0.4, 0.5) is 0 Å². The van der Waals surface area contributed by atoms with Crippen LogP contribution in [-0.4, -0.2) is 12.6 Å². The molecule has 122 valence electrons. The van der Waals surface area contributed by atoms with Crippen molar-refractivity contribution in [3.05, 3.63) is 64.2 Å². The molecule has 1 fully saturated rings. The Labute approximate surface area is 143 Å². The van der Waals surface area contributed by atoms with Gasteiger partial charge in [0.15, 0.2) is 0 Å². The molecule has 0 radical (unpaired) electrons. The van der Waals surface area contributed by atoms with Crippen molar-refractivity contribution < 1.29 is 4.74 Å². The van der Waals surface area contributed by atoms with Gasteiger partial charge in [-0.25, -0.2) is 0 Å². The van der Waals surface area contributed by atoms with E-state index in [4.69, 9.17) is 16.3 Å². The van der Waals surface area contributed by atoms with Crippen LogP contribution in [0.5, 0.6) is 5.75 Å². The minimum atomic E-state index is 0.547. The van der Waals surface area contributed by atoms with Crippen molar-refractivity contribution in [2.24, 2.45) is 0 Å². The van der Waals surface area contributed by atoms with E-state index in [1.54, 1.807) is 0 Å². The Bertz CT molecular complexity index is 612. The van der Waals surface area contributed by atoms with E-state index in [2.05, 4.69) is 36.5 Å². The van der Waals surface area contributed by atoms with E-state index >= 15 is 0 Å². The lowest BCUT2D eigenvalue weighted by Gasteiger charge is -2.24. The van der Waals surface area contributed by atoms with E-state index < -0.39 is 0 Å². The molecule has 3 rings (SSSR count). The third-order valence-electron chi connectivity index (χ3n) is 4.41. The van der Waals surface area contributed by atoms with Gasteiger partial charge in [-0.3, -0.25) is 0 Å². The van der Waals surface area contributed by atoms with Crippen LogP contribution in [0.25, 0.3) is 0 Å². The first kappa shape index (κ1) is 16.4. The van der Waals surface area contributed by atoms with Crippen molar-refractivity contribution in [2.45, 2.75) is 45.3 Å². The number of piperidine rings is 1. The summed E-state index contributed by atoms with van der Waals surface area (Å²) < 4.78 is 5.95. The lowest BCUT2D eigenvalue weighted by Crippen LogP contribution is -2.35. The average Bonchev–Trinajstić information content (AvgIpc) is 2.56. The highest BCUT2D eigenvalue weighted by Crippen LogP contribution is 2.31. The van der Waals surface area contributed by atoms with Gasteiger partial charge < -0.3 is 10.1 Å². The molecule has 0 bridgehead atoms.